The lowest BCUT2D eigenvalue weighted by Gasteiger charge is -2.39. The van der Waals surface area contributed by atoms with E-state index >= 15 is 0 Å². The first kappa shape index (κ1) is 22.1. The van der Waals surface area contributed by atoms with Gasteiger partial charge in [0.2, 0.25) is 5.91 Å². The lowest BCUT2D eigenvalue weighted by molar-refractivity contribution is -0.131. The van der Waals surface area contributed by atoms with E-state index in [2.05, 4.69) is 15.1 Å². The van der Waals surface area contributed by atoms with Crippen LogP contribution in [-0.2, 0) is 9.53 Å². The van der Waals surface area contributed by atoms with E-state index in [0.717, 1.165) is 76.2 Å². The number of aryl methyl sites for hydroxylation is 1. The number of anilines is 1. The highest BCUT2D eigenvalue weighted by molar-refractivity contribution is 5.89. The van der Waals surface area contributed by atoms with Crippen molar-refractivity contribution in [1.82, 2.24) is 14.7 Å². The van der Waals surface area contributed by atoms with Gasteiger partial charge in [0.25, 0.3) is 0 Å². The largest absolute Gasteiger partial charge is 0.381 e. The quantitative estimate of drug-likeness (QED) is 0.725. The number of ether oxygens (including phenoxy) is 1. The Morgan fingerprint density at radius 2 is 1.81 bits per heavy atom. The van der Waals surface area contributed by atoms with Crippen LogP contribution in [0.25, 0.3) is 0 Å². The maximum atomic E-state index is 12.7. The van der Waals surface area contributed by atoms with Crippen LogP contribution >= 0.6 is 0 Å². The van der Waals surface area contributed by atoms with Gasteiger partial charge in [0.15, 0.2) is 0 Å². The van der Waals surface area contributed by atoms with E-state index in [1.807, 2.05) is 38.2 Å². The van der Waals surface area contributed by atoms with Gasteiger partial charge in [-0.25, -0.2) is 4.79 Å². The number of hydrogen-bond donors (Lipinski definition) is 1. The van der Waals surface area contributed by atoms with Crippen molar-refractivity contribution in [2.45, 2.75) is 51.1 Å². The van der Waals surface area contributed by atoms with Crippen molar-refractivity contribution >= 4 is 17.6 Å². The molecule has 0 bridgehead atoms. The molecule has 3 amide bonds. The molecule has 3 aliphatic rings. The first-order valence-electron chi connectivity index (χ1n) is 11.7. The summed E-state index contributed by atoms with van der Waals surface area (Å²) in [5.41, 5.74) is 1.91. The Kier molecular flexibility index (Phi) is 7.13. The minimum atomic E-state index is -0.0850. The van der Waals surface area contributed by atoms with Crippen molar-refractivity contribution in [3.05, 3.63) is 29.8 Å². The summed E-state index contributed by atoms with van der Waals surface area (Å²) in [5.74, 6) is 0.635. The van der Waals surface area contributed by atoms with Crippen LogP contribution in [0.4, 0.5) is 10.5 Å². The molecule has 0 radical (unpaired) electrons. The van der Waals surface area contributed by atoms with E-state index in [1.54, 1.807) is 4.90 Å². The van der Waals surface area contributed by atoms with Gasteiger partial charge < -0.3 is 19.9 Å². The van der Waals surface area contributed by atoms with Crippen molar-refractivity contribution in [2.24, 2.45) is 5.92 Å². The number of benzene rings is 1. The number of carbonyl (C=O) groups is 2. The monoisotopic (exact) mass is 428 g/mol. The molecule has 2 aliphatic heterocycles. The van der Waals surface area contributed by atoms with Crippen molar-refractivity contribution in [1.29, 1.82) is 0 Å². The van der Waals surface area contributed by atoms with Gasteiger partial charge in [-0.1, -0.05) is 18.2 Å². The molecular weight excluding hydrogens is 392 g/mol. The second kappa shape index (κ2) is 10.0. The summed E-state index contributed by atoms with van der Waals surface area (Å²) in [6.45, 7) is 6.75. The Bertz CT molecular complexity index is 776. The van der Waals surface area contributed by atoms with E-state index in [-0.39, 0.29) is 11.9 Å². The van der Waals surface area contributed by atoms with Crippen molar-refractivity contribution in [2.75, 3.05) is 51.8 Å². The zero-order chi connectivity index (χ0) is 21.8. The number of urea groups is 1. The number of carbonyl (C=O) groups excluding carboxylic acids is 2. The Morgan fingerprint density at radius 3 is 2.52 bits per heavy atom. The molecule has 2 heterocycles. The normalized spacial score (nSPS) is 22.0. The number of nitrogens with one attached hydrogen (secondary N) is 1. The summed E-state index contributed by atoms with van der Waals surface area (Å²) in [4.78, 5) is 31.6. The van der Waals surface area contributed by atoms with Crippen LogP contribution in [0.2, 0.25) is 0 Å². The lowest BCUT2D eigenvalue weighted by atomic mass is 10.0. The Morgan fingerprint density at radius 1 is 1.06 bits per heavy atom. The molecule has 170 valence electrons. The number of rotatable bonds is 7. The number of nitrogens with zero attached hydrogens (tertiary/aromatic N) is 3. The van der Waals surface area contributed by atoms with Crippen LogP contribution in [-0.4, -0.2) is 85.2 Å². The van der Waals surface area contributed by atoms with Crippen LogP contribution in [0.15, 0.2) is 24.3 Å². The molecule has 31 heavy (non-hydrogen) atoms. The average molecular weight is 429 g/mol. The molecule has 1 aliphatic carbocycles. The van der Waals surface area contributed by atoms with E-state index in [1.165, 1.54) is 0 Å². The molecule has 1 aromatic rings. The van der Waals surface area contributed by atoms with Gasteiger partial charge in [-0.2, -0.15) is 0 Å². The summed E-state index contributed by atoms with van der Waals surface area (Å²) in [7, 11) is 1.85. The second-order valence-electron chi connectivity index (χ2n) is 9.25. The van der Waals surface area contributed by atoms with Crippen LogP contribution < -0.4 is 5.32 Å². The summed E-state index contributed by atoms with van der Waals surface area (Å²) in [6, 6.07) is 8.58. The molecule has 3 fully saturated rings. The fourth-order valence-electron chi connectivity index (χ4n) is 4.77. The molecule has 2 saturated heterocycles. The molecule has 4 rings (SSSR count). The van der Waals surface area contributed by atoms with E-state index in [9.17, 15) is 9.59 Å². The van der Waals surface area contributed by atoms with Crippen molar-refractivity contribution in [3.8, 4) is 0 Å². The van der Waals surface area contributed by atoms with Crippen LogP contribution in [0.3, 0.4) is 0 Å². The second-order valence-corrected chi connectivity index (χ2v) is 9.25. The van der Waals surface area contributed by atoms with Gasteiger partial charge in [0, 0.05) is 70.1 Å². The standard InChI is InChI=1S/C24H36N4O3/c1-18-5-3-4-6-22(18)25-24(30)26(2)13-14-28(20-10-15-31-16-11-20)21-9-12-27(17-21)23(29)19-7-8-19/h3-6,19-21H,7-17H2,1-2H3,(H,25,30). The van der Waals surface area contributed by atoms with E-state index < -0.39 is 0 Å². The van der Waals surface area contributed by atoms with Gasteiger partial charge in [-0.15, -0.1) is 0 Å². The molecular formula is C24H36N4O3. The molecule has 1 N–H and O–H groups in total. The SMILES string of the molecule is Cc1ccccc1NC(=O)N(C)CCN(C1CCOCC1)C1CCN(C(=O)C2CC2)C1. The maximum absolute atomic E-state index is 12.7. The average Bonchev–Trinajstić information content (AvgIpc) is 3.53. The van der Waals surface area contributed by atoms with E-state index in [0.29, 0.717) is 24.5 Å². The molecule has 1 aromatic carbocycles. The number of para-hydroxylation sites is 1. The first-order valence-corrected chi connectivity index (χ1v) is 11.7. The summed E-state index contributed by atoms with van der Waals surface area (Å²) < 4.78 is 5.59. The number of amides is 3. The molecule has 1 atom stereocenters. The minimum Gasteiger partial charge on any atom is -0.381 e. The fourth-order valence-corrected chi connectivity index (χ4v) is 4.77. The zero-order valence-electron chi connectivity index (χ0n) is 18.9. The van der Waals surface area contributed by atoms with Gasteiger partial charge >= 0.3 is 6.03 Å². The first-order chi connectivity index (χ1) is 15.0. The predicted molar refractivity (Wildman–Crippen MR) is 121 cm³/mol. The highest BCUT2D eigenvalue weighted by Gasteiger charge is 2.39. The van der Waals surface area contributed by atoms with Crippen molar-refractivity contribution < 1.29 is 14.3 Å². The molecule has 1 unspecified atom stereocenters. The Labute approximate surface area is 185 Å². The van der Waals surface area contributed by atoms with Gasteiger partial charge in [-0.3, -0.25) is 9.69 Å². The number of hydrogen-bond acceptors (Lipinski definition) is 4. The smallest absolute Gasteiger partial charge is 0.321 e. The summed E-state index contributed by atoms with van der Waals surface area (Å²) in [6.07, 6.45) is 5.18. The summed E-state index contributed by atoms with van der Waals surface area (Å²) in [5, 5.41) is 3.02. The van der Waals surface area contributed by atoms with Gasteiger partial charge in [-0.05, 0) is 50.7 Å². The molecule has 7 heteroatoms. The van der Waals surface area contributed by atoms with Crippen LogP contribution in [0.5, 0.6) is 0 Å². The highest BCUT2D eigenvalue weighted by atomic mass is 16.5. The maximum Gasteiger partial charge on any atom is 0.321 e. The topological polar surface area (TPSA) is 65.1 Å². The lowest BCUT2D eigenvalue weighted by Crippen LogP contribution is -2.50. The van der Waals surface area contributed by atoms with Gasteiger partial charge in [0.05, 0.1) is 0 Å². The third kappa shape index (κ3) is 5.57. The van der Waals surface area contributed by atoms with Gasteiger partial charge in [0.1, 0.15) is 0 Å². The Balaban J connectivity index is 1.35. The third-order valence-corrected chi connectivity index (χ3v) is 6.96. The molecule has 1 saturated carbocycles. The zero-order valence-corrected chi connectivity index (χ0v) is 18.9. The van der Waals surface area contributed by atoms with Crippen LogP contribution in [0.1, 0.15) is 37.7 Å². The van der Waals surface area contributed by atoms with E-state index in [4.69, 9.17) is 4.74 Å². The molecule has 0 aromatic heterocycles. The number of likely N-dealkylation sites (tertiary alicyclic amines) is 1. The summed E-state index contributed by atoms with van der Waals surface area (Å²) >= 11 is 0. The predicted octanol–water partition coefficient (Wildman–Crippen LogP) is 2.95. The minimum absolute atomic E-state index is 0.0850. The highest BCUT2D eigenvalue weighted by Crippen LogP contribution is 2.33. The molecule has 7 nitrogen and oxygen atoms in total. The fraction of sp³-hybridized carbons (Fsp3) is 0.667. The number of likely N-dealkylation sites (N-methyl/N-ethyl adjacent to an activating group) is 1. The molecule has 0 spiro atoms. The third-order valence-electron chi connectivity index (χ3n) is 6.96. The Hall–Kier alpha value is -2.12. The van der Waals surface area contributed by atoms with Crippen LogP contribution in [0, 0.1) is 12.8 Å². The van der Waals surface area contributed by atoms with Crippen molar-refractivity contribution in [3.63, 3.8) is 0 Å².